The van der Waals surface area contributed by atoms with Crippen molar-refractivity contribution < 1.29 is 37.5 Å². The average Bonchev–Trinajstić information content (AvgIpc) is 2.70. The number of nitro groups is 1. The summed E-state index contributed by atoms with van der Waals surface area (Å²) in [6.07, 6.45) is -0.383. The van der Waals surface area contributed by atoms with Crippen LogP contribution < -0.4 is 9.47 Å². The van der Waals surface area contributed by atoms with Crippen LogP contribution in [0.5, 0.6) is 11.5 Å². The summed E-state index contributed by atoms with van der Waals surface area (Å²) in [6.45, 7) is -3.73. The fourth-order valence-electron chi connectivity index (χ4n) is 2.45. The maximum Gasteiger partial charge on any atom is 0.387 e. The van der Waals surface area contributed by atoms with Crippen molar-refractivity contribution in [3.05, 3.63) is 62.7 Å². The van der Waals surface area contributed by atoms with Gasteiger partial charge in [-0.15, -0.1) is 0 Å². The number of nitrogens with zero attached hydrogens (tertiary/aromatic N) is 1. The molecule has 0 N–H and O–H groups in total. The third-order valence-corrected chi connectivity index (χ3v) is 4.14. The topological polar surface area (TPSA) is 105 Å². The monoisotopic (exact) mass is 443 g/mol. The van der Waals surface area contributed by atoms with Crippen LogP contribution in [0.3, 0.4) is 0 Å². The molecule has 0 radical (unpaired) electrons. The minimum atomic E-state index is -3.21. The zero-order chi connectivity index (χ0) is 22.3. The van der Waals surface area contributed by atoms with Crippen molar-refractivity contribution in [3.8, 4) is 11.5 Å². The minimum Gasteiger partial charge on any atom is -0.493 e. The van der Waals surface area contributed by atoms with Crippen LogP contribution in [0.2, 0.25) is 5.02 Å². The summed E-state index contributed by atoms with van der Waals surface area (Å²) in [7, 11) is 1.16. The molecule has 30 heavy (non-hydrogen) atoms. The number of methoxy groups -OCH3 is 1. The van der Waals surface area contributed by atoms with Gasteiger partial charge < -0.3 is 14.2 Å². The summed E-state index contributed by atoms with van der Waals surface area (Å²) in [4.78, 5) is 34.4. The first-order valence-electron chi connectivity index (χ1n) is 8.45. The minimum absolute atomic E-state index is 0.0872. The summed E-state index contributed by atoms with van der Waals surface area (Å²) in [5, 5.41) is 11.7. The number of alkyl halides is 2. The maximum absolute atomic E-state index is 12.5. The lowest BCUT2D eigenvalue weighted by Crippen LogP contribution is -2.10. The molecule has 2 rings (SSSR count). The number of esters is 1. The van der Waals surface area contributed by atoms with Gasteiger partial charge in [-0.05, 0) is 30.3 Å². The van der Waals surface area contributed by atoms with Gasteiger partial charge in [-0.25, -0.2) is 0 Å². The number of rotatable bonds is 10. The van der Waals surface area contributed by atoms with Crippen LogP contribution in [0.4, 0.5) is 14.5 Å². The fourth-order valence-corrected chi connectivity index (χ4v) is 2.58. The zero-order valence-corrected chi connectivity index (χ0v) is 16.4. The first-order valence-corrected chi connectivity index (χ1v) is 8.83. The lowest BCUT2D eigenvalue weighted by molar-refractivity contribution is -0.386. The predicted octanol–water partition coefficient (Wildman–Crippen LogP) is 4.56. The van der Waals surface area contributed by atoms with Crippen LogP contribution in [-0.4, -0.2) is 30.4 Å². The normalized spacial score (nSPS) is 10.6. The van der Waals surface area contributed by atoms with Crippen molar-refractivity contribution in [2.24, 2.45) is 0 Å². The number of ether oxygens (including phenoxy) is 3. The van der Waals surface area contributed by atoms with Crippen LogP contribution in [0.25, 0.3) is 0 Å². The SMILES string of the molecule is COc1cc(COC(=O)CCC(=O)c2ccc(Cl)cc2)c([N+](=O)[O-])cc1OC(F)F. The molecule has 0 aliphatic carbocycles. The number of carbonyl (C=O) groups is 2. The largest absolute Gasteiger partial charge is 0.493 e. The molecular weight excluding hydrogens is 428 g/mol. The Labute approximate surface area is 174 Å². The second-order valence-electron chi connectivity index (χ2n) is 5.86. The molecule has 2 aromatic rings. The van der Waals surface area contributed by atoms with Gasteiger partial charge in [0.1, 0.15) is 6.61 Å². The molecule has 0 heterocycles. The number of hydrogen-bond donors (Lipinski definition) is 0. The van der Waals surface area contributed by atoms with E-state index < -0.39 is 35.5 Å². The molecule has 0 bridgehead atoms. The van der Waals surface area contributed by atoms with Gasteiger partial charge in [0.15, 0.2) is 17.3 Å². The second kappa shape index (κ2) is 10.5. The van der Waals surface area contributed by atoms with Crippen molar-refractivity contribution in [2.75, 3.05) is 7.11 Å². The molecular formula is C19H16ClF2NO7. The van der Waals surface area contributed by atoms with Gasteiger partial charge in [0, 0.05) is 17.0 Å². The van der Waals surface area contributed by atoms with E-state index in [1.165, 1.54) is 12.1 Å². The molecule has 160 valence electrons. The van der Waals surface area contributed by atoms with Crippen molar-refractivity contribution in [1.29, 1.82) is 0 Å². The Kier molecular flexibility index (Phi) is 8.05. The summed E-state index contributed by atoms with van der Waals surface area (Å²) in [5.41, 5.74) is -0.297. The molecule has 0 saturated heterocycles. The highest BCUT2D eigenvalue weighted by Gasteiger charge is 2.23. The molecule has 0 fully saturated rings. The van der Waals surface area contributed by atoms with Gasteiger partial charge in [-0.2, -0.15) is 8.78 Å². The van der Waals surface area contributed by atoms with E-state index in [4.69, 9.17) is 21.1 Å². The Morgan fingerprint density at radius 2 is 1.80 bits per heavy atom. The molecule has 0 aliphatic heterocycles. The van der Waals surface area contributed by atoms with Crippen LogP contribution in [0.1, 0.15) is 28.8 Å². The highest BCUT2D eigenvalue weighted by molar-refractivity contribution is 6.30. The van der Waals surface area contributed by atoms with Crippen LogP contribution in [0.15, 0.2) is 36.4 Å². The van der Waals surface area contributed by atoms with Gasteiger partial charge in [-0.3, -0.25) is 19.7 Å². The van der Waals surface area contributed by atoms with Gasteiger partial charge in [0.2, 0.25) is 0 Å². The maximum atomic E-state index is 12.5. The zero-order valence-electron chi connectivity index (χ0n) is 15.6. The third kappa shape index (κ3) is 6.38. The molecule has 0 unspecified atom stereocenters. The third-order valence-electron chi connectivity index (χ3n) is 3.89. The molecule has 0 saturated carbocycles. The lowest BCUT2D eigenvalue weighted by atomic mass is 10.1. The summed E-state index contributed by atoms with van der Waals surface area (Å²) >= 11 is 5.75. The molecule has 8 nitrogen and oxygen atoms in total. The Balaban J connectivity index is 2.02. The Morgan fingerprint density at radius 1 is 1.13 bits per heavy atom. The number of halogens is 3. The van der Waals surface area contributed by atoms with E-state index in [9.17, 15) is 28.5 Å². The first-order chi connectivity index (χ1) is 14.2. The standard InChI is InChI=1S/C19H16ClF2NO7/c1-28-16-8-12(14(23(26)27)9-17(16)30-19(21)22)10-29-18(25)7-6-15(24)11-2-4-13(20)5-3-11/h2-5,8-9,19H,6-7,10H2,1H3. The fraction of sp³-hybridized carbons (Fsp3) is 0.263. The van der Waals surface area contributed by atoms with Crippen LogP contribution >= 0.6 is 11.6 Å². The van der Waals surface area contributed by atoms with E-state index in [2.05, 4.69) is 4.74 Å². The molecule has 11 heteroatoms. The quantitative estimate of drug-likeness (QED) is 0.229. The van der Waals surface area contributed by atoms with Crippen molar-refractivity contribution >= 4 is 29.0 Å². The Hall–Kier alpha value is -3.27. The Bertz CT molecular complexity index is 935. The van der Waals surface area contributed by atoms with Crippen LogP contribution in [0, 0.1) is 10.1 Å². The van der Waals surface area contributed by atoms with E-state index in [1.807, 2.05) is 0 Å². The molecule has 0 aromatic heterocycles. The van der Waals surface area contributed by atoms with E-state index in [1.54, 1.807) is 12.1 Å². The van der Waals surface area contributed by atoms with Gasteiger partial charge in [0.25, 0.3) is 5.69 Å². The van der Waals surface area contributed by atoms with E-state index in [0.717, 1.165) is 19.2 Å². The van der Waals surface area contributed by atoms with E-state index in [0.29, 0.717) is 10.6 Å². The number of hydrogen-bond acceptors (Lipinski definition) is 7. The molecule has 0 amide bonds. The number of ketones is 1. The first kappa shape index (κ1) is 23.0. The molecule has 0 atom stereocenters. The summed E-state index contributed by atoms with van der Waals surface area (Å²) < 4.78 is 39.0. The average molecular weight is 444 g/mol. The second-order valence-corrected chi connectivity index (χ2v) is 6.29. The van der Waals surface area contributed by atoms with Crippen molar-refractivity contribution in [1.82, 2.24) is 0 Å². The number of carbonyl (C=O) groups excluding carboxylic acids is 2. The summed E-state index contributed by atoms with van der Waals surface area (Å²) in [6, 6.07) is 7.96. The summed E-state index contributed by atoms with van der Waals surface area (Å²) in [5.74, 6) is -1.78. The van der Waals surface area contributed by atoms with Gasteiger partial charge in [0.05, 0.1) is 30.1 Å². The number of Topliss-reactive ketones (excluding diaryl/α,β-unsaturated/α-hetero) is 1. The highest BCUT2D eigenvalue weighted by Crippen LogP contribution is 2.36. The molecule has 2 aromatic carbocycles. The Morgan fingerprint density at radius 3 is 2.37 bits per heavy atom. The van der Waals surface area contributed by atoms with Crippen molar-refractivity contribution in [3.63, 3.8) is 0 Å². The van der Waals surface area contributed by atoms with E-state index >= 15 is 0 Å². The number of benzene rings is 2. The molecule has 0 aliphatic rings. The van der Waals surface area contributed by atoms with Gasteiger partial charge >= 0.3 is 12.6 Å². The van der Waals surface area contributed by atoms with Crippen LogP contribution in [-0.2, 0) is 16.1 Å². The molecule has 0 spiro atoms. The highest BCUT2D eigenvalue weighted by atomic mass is 35.5. The van der Waals surface area contributed by atoms with E-state index in [-0.39, 0.29) is 29.9 Å². The lowest BCUT2D eigenvalue weighted by Gasteiger charge is -2.12. The predicted molar refractivity (Wildman–Crippen MR) is 101 cm³/mol. The smallest absolute Gasteiger partial charge is 0.387 e. The van der Waals surface area contributed by atoms with Gasteiger partial charge in [-0.1, -0.05) is 11.6 Å². The van der Waals surface area contributed by atoms with Crippen molar-refractivity contribution in [2.45, 2.75) is 26.1 Å². The number of nitro benzene ring substituents is 1.